The van der Waals surface area contributed by atoms with Crippen molar-refractivity contribution < 1.29 is 0 Å². The minimum Gasteiger partial charge on any atom is -0.238 e. The molecule has 1 aliphatic heterocycles. The predicted octanol–water partition coefficient (Wildman–Crippen LogP) is 2.39. The molecule has 0 aromatic heterocycles. The van der Waals surface area contributed by atoms with E-state index in [4.69, 9.17) is 0 Å². The van der Waals surface area contributed by atoms with Crippen molar-refractivity contribution in [2.75, 3.05) is 6.54 Å². The van der Waals surface area contributed by atoms with Crippen LogP contribution in [0.15, 0.2) is 30.3 Å². The van der Waals surface area contributed by atoms with E-state index in [1.54, 1.807) is 0 Å². The van der Waals surface area contributed by atoms with Crippen molar-refractivity contribution in [1.82, 2.24) is 5.32 Å². The summed E-state index contributed by atoms with van der Waals surface area (Å²) in [6, 6.07) is 11.4. The summed E-state index contributed by atoms with van der Waals surface area (Å²) >= 11 is 0. The normalized spacial score (nSPS) is 22.0. The van der Waals surface area contributed by atoms with E-state index in [1.165, 1.54) is 31.2 Å². The lowest BCUT2D eigenvalue weighted by Crippen LogP contribution is -2.14. The van der Waals surface area contributed by atoms with E-state index in [2.05, 4.69) is 35.6 Å². The van der Waals surface area contributed by atoms with Crippen LogP contribution in [0.25, 0.3) is 0 Å². The zero-order valence-electron chi connectivity index (χ0n) is 7.95. The van der Waals surface area contributed by atoms with Gasteiger partial charge < -0.3 is 0 Å². The topological polar surface area (TPSA) is 14.1 Å². The molecule has 1 fully saturated rings. The zero-order valence-corrected chi connectivity index (χ0v) is 7.95. The van der Waals surface area contributed by atoms with Crippen molar-refractivity contribution in [3.63, 3.8) is 0 Å². The molecule has 1 heterocycles. The Bertz CT molecular complexity index is 237. The van der Waals surface area contributed by atoms with Crippen LogP contribution in [0.2, 0.25) is 0 Å². The van der Waals surface area contributed by atoms with Gasteiger partial charge in [0, 0.05) is 12.6 Å². The molecule has 1 atom stereocenters. The highest BCUT2D eigenvalue weighted by Gasteiger charge is 2.14. The fourth-order valence-corrected chi connectivity index (χ4v) is 1.91. The number of hydrogen-bond acceptors (Lipinski definition) is 0. The van der Waals surface area contributed by atoms with Crippen LogP contribution in [-0.4, -0.2) is 12.6 Å². The summed E-state index contributed by atoms with van der Waals surface area (Å²) in [5.41, 5.74) is 1.45. The number of benzene rings is 1. The highest BCUT2D eigenvalue weighted by Crippen LogP contribution is 2.13. The number of aryl methyl sites for hydroxylation is 1. The molecule has 1 unspecified atom stereocenters. The maximum atomic E-state index is 4.55. The van der Waals surface area contributed by atoms with Crippen LogP contribution in [0.1, 0.15) is 24.8 Å². The summed E-state index contributed by atoms with van der Waals surface area (Å²) < 4.78 is 0. The Morgan fingerprint density at radius 3 is 2.77 bits per heavy atom. The van der Waals surface area contributed by atoms with Gasteiger partial charge >= 0.3 is 0 Å². The Morgan fingerprint density at radius 1 is 1.23 bits per heavy atom. The zero-order chi connectivity index (χ0) is 8.93. The lowest BCUT2D eigenvalue weighted by molar-refractivity contribution is 0.550. The van der Waals surface area contributed by atoms with E-state index in [9.17, 15) is 0 Å². The van der Waals surface area contributed by atoms with Crippen LogP contribution < -0.4 is 5.32 Å². The van der Waals surface area contributed by atoms with E-state index in [0.717, 1.165) is 6.54 Å². The summed E-state index contributed by atoms with van der Waals surface area (Å²) in [5, 5.41) is 4.55. The molecule has 1 aromatic rings. The fourth-order valence-electron chi connectivity index (χ4n) is 1.91. The maximum absolute atomic E-state index is 4.55. The molecule has 1 saturated heterocycles. The van der Waals surface area contributed by atoms with Gasteiger partial charge in [-0.15, -0.1) is 0 Å². The lowest BCUT2D eigenvalue weighted by Gasteiger charge is -2.07. The minimum atomic E-state index is 0.653. The third-order valence-corrected chi connectivity index (χ3v) is 2.69. The first-order valence-corrected chi connectivity index (χ1v) is 5.16. The molecule has 1 radical (unpaired) electrons. The maximum Gasteiger partial charge on any atom is 0.0249 e. The largest absolute Gasteiger partial charge is 0.238 e. The Balaban J connectivity index is 1.79. The third-order valence-electron chi connectivity index (χ3n) is 2.69. The van der Waals surface area contributed by atoms with Crippen LogP contribution in [0.4, 0.5) is 0 Å². The van der Waals surface area contributed by atoms with Crippen molar-refractivity contribution in [2.45, 2.75) is 31.7 Å². The van der Waals surface area contributed by atoms with Gasteiger partial charge in [0.05, 0.1) is 0 Å². The Kier molecular flexibility index (Phi) is 2.98. The van der Waals surface area contributed by atoms with Crippen molar-refractivity contribution in [1.29, 1.82) is 0 Å². The highest BCUT2D eigenvalue weighted by atomic mass is 14.9. The summed E-state index contributed by atoms with van der Waals surface area (Å²) in [5.74, 6) is 0. The molecule has 0 N–H and O–H groups in total. The number of hydrogen-bond donors (Lipinski definition) is 0. The molecule has 0 bridgehead atoms. The second-order valence-corrected chi connectivity index (χ2v) is 3.73. The van der Waals surface area contributed by atoms with Gasteiger partial charge in [0.1, 0.15) is 0 Å². The van der Waals surface area contributed by atoms with Crippen LogP contribution >= 0.6 is 0 Å². The molecule has 2 rings (SSSR count). The van der Waals surface area contributed by atoms with Crippen molar-refractivity contribution in [2.24, 2.45) is 0 Å². The van der Waals surface area contributed by atoms with Crippen molar-refractivity contribution >= 4 is 0 Å². The van der Waals surface area contributed by atoms with E-state index < -0.39 is 0 Å². The predicted molar refractivity (Wildman–Crippen MR) is 54.8 cm³/mol. The Hall–Kier alpha value is -0.820. The molecular weight excluding hydrogens is 158 g/mol. The highest BCUT2D eigenvalue weighted by molar-refractivity contribution is 5.14. The van der Waals surface area contributed by atoms with Crippen molar-refractivity contribution in [3.8, 4) is 0 Å². The van der Waals surface area contributed by atoms with Gasteiger partial charge in [-0.05, 0) is 31.2 Å². The van der Waals surface area contributed by atoms with Gasteiger partial charge in [-0.1, -0.05) is 30.3 Å². The molecule has 1 aliphatic rings. The number of rotatable bonds is 3. The summed E-state index contributed by atoms with van der Waals surface area (Å²) in [4.78, 5) is 0. The van der Waals surface area contributed by atoms with Gasteiger partial charge in [0.25, 0.3) is 0 Å². The monoisotopic (exact) mass is 174 g/mol. The molecule has 1 heteroatoms. The Morgan fingerprint density at radius 2 is 2.08 bits per heavy atom. The molecule has 69 valence electrons. The lowest BCUT2D eigenvalue weighted by atomic mass is 10.0. The number of nitrogens with zero attached hydrogens (tertiary/aromatic N) is 1. The molecular formula is C12H16N. The summed E-state index contributed by atoms with van der Waals surface area (Å²) in [6.07, 6.45) is 5.05. The first kappa shape index (κ1) is 8.76. The van der Waals surface area contributed by atoms with E-state index in [1.807, 2.05) is 0 Å². The van der Waals surface area contributed by atoms with Crippen LogP contribution in [0.5, 0.6) is 0 Å². The van der Waals surface area contributed by atoms with Crippen LogP contribution in [0.3, 0.4) is 0 Å². The second-order valence-electron chi connectivity index (χ2n) is 3.73. The molecule has 0 amide bonds. The van der Waals surface area contributed by atoms with E-state index >= 15 is 0 Å². The molecule has 0 saturated carbocycles. The van der Waals surface area contributed by atoms with Gasteiger partial charge in [0.2, 0.25) is 0 Å². The molecule has 1 nitrogen and oxygen atoms in total. The minimum absolute atomic E-state index is 0.653. The smallest absolute Gasteiger partial charge is 0.0249 e. The SMILES string of the molecule is c1ccc(CCC2CCC[N]2)cc1. The van der Waals surface area contributed by atoms with Gasteiger partial charge in [-0.2, -0.15) is 0 Å². The fraction of sp³-hybridized carbons (Fsp3) is 0.500. The Labute approximate surface area is 80.2 Å². The second kappa shape index (κ2) is 4.43. The van der Waals surface area contributed by atoms with Crippen LogP contribution in [-0.2, 0) is 6.42 Å². The molecule has 13 heavy (non-hydrogen) atoms. The molecule has 1 aromatic carbocycles. The van der Waals surface area contributed by atoms with Gasteiger partial charge in [-0.3, -0.25) is 0 Å². The average molecular weight is 174 g/mol. The quantitative estimate of drug-likeness (QED) is 0.668. The summed E-state index contributed by atoms with van der Waals surface area (Å²) in [6.45, 7) is 1.10. The molecule has 0 spiro atoms. The van der Waals surface area contributed by atoms with Gasteiger partial charge in [0.15, 0.2) is 0 Å². The first-order valence-electron chi connectivity index (χ1n) is 5.16. The van der Waals surface area contributed by atoms with Crippen LogP contribution in [0, 0.1) is 0 Å². The molecule has 0 aliphatic carbocycles. The third kappa shape index (κ3) is 2.56. The summed E-state index contributed by atoms with van der Waals surface area (Å²) in [7, 11) is 0. The van der Waals surface area contributed by atoms with E-state index in [-0.39, 0.29) is 0 Å². The van der Waals surface area contributed by atoms with E-state index in [0.29, 0.717) is 6.04 Å². The standard InChI is InChI=1S/C12H16N/c1-2-5-11(6-3-1)8-9-12-7-4-10-13-12/h1-3,5-6,12H,4,7-10H2. The first-order chi connectivity index (χ1) is 6.45. The average Bonchev–Trinajstić information content (AvgIpc) is 2.69. The van der Waals surface area contributed by atoms with Gasteiger partial charge in [-0.25, -0.2) is 5.32 Å². The van der Waals surface area contributed by atoms with Crippen molar-refractivity contribution in [3.05, 3.63) is 35.9 Å².